The number of amides is 1. The molecule has 0 aliphatic carbocycles. The maximum atomic E-state index is 11.9. The van der Waals surface area contributed by atoms with Gasteiger partial charge in [-0.1, -0.05) is 30.3 Å². The normalized spacial score (nSPS) is 9.85. The van der Waals surface area contributed by atoms with E-state index >= 15 is 0 Å². The molecule has 0 bridgehead atoms. The minimum Gasteiger partial charge on any atom is -0.415 e. The van der Waals surface area contributed by atoms with Gasteiger partial charge >= 0.3 is 5.91 Å². The van der Waals surface area contributed by atoms with Crippen molar-refractivity contribution in [1.29, 1.82) is 5.26 Å². The molecule has 1 amide bonds. The maximum Gasteiger partial charge on any atom is 0.307 e. The largest absolute Gasteiger partial charge is 0.415 e. The van der Waals surface area contributed by atoms with Crippen molar-refractivity contribution in [3.63, 3.8) is 0 Å². The molecule has 0 radical (unpaired) electrons. The lowest BCUT2D eigenvalue weighted by Crippen LogP contribution is -2.23. The van der Waals surface area contributed by atoms with Gasteiger partial charge in [-0.3, -0.25) is 4.79 Å². The van der Waals surface area contributed by atoms with Gasteiger partial charge < -0.3 is 14.6 Å². The summed E-state index contributed by atoms with van der Waals surface area (Å²) in [7, 11) is 3.43. The first-order valence-electron chi connectivity index (χ1n) is 6.02. The van der Waals surface area contributed by atoms with Crippen molar-refractivity contribution in [2.24, 2.45) is 0 Å². The minimum absolute atomic E-state index is 0.0971. The van der Waals surface area contributed by atoms with Gasteiger partial charge in [0.05, 0.1) is 0 Å². The van der Waals surface area contributed by atoms with Crippen LogP contribution in [0.2, 0.25) is 0 Å². The standard InChI is InChI=1S/C14H14N4O2/c1-18(2)14-11(8-15)17-13(20-14)12(19)16-9-10-6-4-3-5-7-10/h3-7H,9H2,1-2H3,(H,16,19). The first kappa shape index (κ1) is 13.6. The van der Waals surface area contributed by atoms with Crippen LogP contribution >= 0.6 is 0 Å². The van der Waals surface area contributed by atoms with Crippen LogP contribution in [0.5, 0.6) is 0 Å². The van der Waals surface area contributed by atoms with E-state index in [-0.39, 0.29) is 17.5 Å². The van der Waals surface area contributed by atoms with Gasteiger partial charge in [0.2, 0.25) is 11.6 Å². The number of hydrogen-bond donors (Lipinski definition) is 1. The molecule has 0 aliphatic heterocycles. The highest BCUT2D eigenvalue weighted by molar-refractivity contribution is 5.90. The molecule has 102 valence electrons. The van der Waals surface area contributed by atoms with Crippen LogP contribution in [-0.4, -0.2) is 25.0 Å². The average Bonchev–Trinajstić information content (AvgIpc) is 2.90. The lowest BCUT2D eigenvalue weighted by molar-refractivity contribution is 0.0917. The Morgan fingerprint density at radius 3 is 2.65 bits per heavy atom. The SMILES string of the molecule is CN(C)c1oc(C(=O)NCc2ccccc2)nc1C#N. The second kappa shape index (κ2) is 5.89. The van der Waals surface area contributed by atoms with Crippen molar-refractivity contribution < 1.29 is 9.21 Å². The van der Waals surface area contributed by atoms with Crippen molar-refractivity contribution >= 4 is 11.8 Å². The van der Waals surface area contributed by atoms with Gasteiger partial charge in [0, 0.05) is 20.6 Å². The van der Waals surface area contributed by atoms with Crippen molar-refractivity contribution in [2.45, 2.75) is 6.54 Å². The summed E-state index contributed by atoms with van der Waals surface area (Å²) in [5.74, 6) is -0.281. The third-order valence-corrected chi connectivity index (χ3v) is 2.61. The molecule has 0 saturated heterocycles. The molecular weight excluding hydrogens is 256 g/mol. The van der Waals surface area contributed by atoms with Crippen LogP contribution in [0.25, 0.3) is 0 Å². The molecule has 1 aromatic heterocycles. The zero-order chi connectivity index (χ0) is 14.5. The number of anilines is 1. The van der Waals surface area contributed by atoms with E-state index in [1.807, 2.05) is 36.4 Å². The molecule has 2 rings (SSSR count). The highest BCUT2D eigenvalue weighted by atomic mass is 16.4. The monoisotopic (exact) mass is 270 g/mol. The lowest BCUT2D eigenvalue weighted by atomic mass is 10.2. The van der Waals surface area contributed by atoms with Crippen molar-refractivity contribution in [3.05, 3.63) is 47.5 Å². The summed E-state index contributed by atoms with van der Waals surface area (Å²) in [4.78, 5) is 17.4. The first-order valence-corrected chi connectivity index (χ1v) is 6.02. The molecule has 1 heterocycles. The molecule has 0 fully saturated rings. The Labute approximate surface area is 116 Å². The second-order valence-electron chi connectivity index (χ2n) is 4.35. The van der Waals surface area contributed by atoms with E-state index < -0.39 is 5.91 Å². The molecule has 6 heteroatoms. The number of carbonyl (C=O) groups is 1. The van der Waals surface area contributed by atoms with Gasteiger partial charge in [0.25, 0.3) is 5.89 Å². The molecule has 0 atom stereocenters. The lowest BCUT2D eigenvalue weighted by Gasteiger charge is -2.06. The number of benzene rings is 1. The summed E-state index contributed by atoms with van der Waals surface area (Å²) in [6, 6.07) is 11.4. The number of aromatic nitrogens is 1. The summed E-state index contributed by atoms with van der Waals surface area (Å²) >= 11 is 0. The first-order chi connectivity index (χ1) is 9.61. The van der Waals surface area contributed by atoms with Crippen LogP contribution in [0, 0.1) is 11.3 Å². The maximum absolute atomic E-state index is 11.9. The molecule has 0 unspecified atom stereocenters. The predicted molar refractivity (Wildman–Crippen MR) is 73.2 cm³/mol. The van der Waals surface area contributed by atoms with Gasteiger partial charge in [-0.25, -0.2) is 0 Å². The summed E-state index contributed by atoms with van der Waals surface area (Å²) < 4.78 is 5.30. The fourth-order valence-electron chi connectivity index (χ4n) is 1.64. The van der Waals surface area contributed by atoms with E-state index in [4.69, 9.17) is 9.68 Å². The summed E-state index contributed by atoms with van der Waals surface area (Å²) in [5.41, 5.74) is 1.07. The molecule has 20 heavy (non-hydrogen) atoms. The van der Waals surface area contributed by atoms with Crippen LogP contribution in [0.15, 0.2) is 34.7 Å². The van der Waals surface area contributed by atoms with E-state index in [1.54, 1.807) is 19.0 Å². The Hall–Kier alpha value is -2.81. The molecule has 0 saturated carbocycles. The fraction of sp³-hybridized carbons (Fsp3) is 0.214. The van der Waals surface area contributed by atoms with Gasteiger partial charge in [-0.05, 0) is 5.56 Å². The number of hydrogen-bond acceptors (Lipinski definition) is 5. The molecule has 0 spiro atoms. The number of rotatable bonds is 4. The third kappa shape index (κ3) is 2.95. The smallest absolute Gasteiger partial charge is 0.307 e. The Morgan fingerprint density at radius 1 is 1.40 bits per heavy atom. The summed E-state index contributed by atoms with van der Waals surface area (Å²) in [5, 5.41) is 11.6. The van der Waals surface area contributed by atoms with Crippen LogP contribution < -0.4 is 10.2 Å². The molecule has 2 aromatic rings. The molecular formula is C14H14N4O2. The molecule has 6 nitrogen and oxygen atoms in total. The summed E-state index contributed by atoms with van der Waals surface area (Å²) in [6.07, 6.45) is 0. The molecule has 1 aromatic carbocycles. The van der Waals surface area contributed by atoms with Gasteiger partial charge in [-0.2, -0.15) is 10.2 Å². The fourth-order valence-corrected chi connectivity index (χ4v) is 1.64. The minimum atomic E-state index is -0.446. The number of nitrogens with zero attached hydrogens (tertiary/aromatic N) is 3. The molecule has 1 N–H and O–H groups in total. The van der Waals surface area contributed by atoms with E-state index in [0.29, 0.717) is 6.54 Å². The number of nitriles is 1. The van der Waals surface area contributed by atoms with Crippen molar-refractivity contribution in [3.8, 4) is 6.07 Å². The van der Waals surface area contributed by atoms with Crippen LogP contribution in [0.4, 0.5) is 5.88 Å². The zero-order valence-corrected chi connectivity index (χ0v) is 11.3. The quantitative estimate of drug-likeness (QED) is 0.911. The van der Waals surface area contributed by atoms with Crippen molar-refractivity contribution in [2.75, 3.05) is 19.0 Å². The Bertz CT molecular complexity index is 641. The predicted octanol–water partition coefficient (Wildman–Crippen LogP) is 1.54. The van der Waals surface area contributed by atoms with Gasteiger partial charge in [-0.15, -0.1) is 0 Å². The van der Waals surface area contributed by atoms with E-state index in [2.05, 4.69) is 10.3 Å². The van der Waals surface area contributed by atoms with Crippen molar-refractivity contribution in [1.82, 2.24) is 10.3 Å². The van der Waals surface area contributed by atoms with E-state index in [9.17, 15) is 4.79 Å². The Balaban J connectivity index is 2.08. The van der Waals surface area contributed by atoms with Gasteiger partial charge in [0.15, 0.2) is 0 Å². The second-order valence-corrected chi connectivity index (χ2v) is 4.35. The van der Waals surface area contributed by atoms with Gasteiger partial charge in [0.1, 0.15) is 6.07 Å². The van der Waals surface area contributed by atoms with Crippen LogP contribution in [-0.2, 0) is 6.54 Å². The Kier molecular flexibility index (Phi) is 4.01. The number of oxazole rings is 1. The summed E-state index contributed by atoms with van der Waals surface area (Å²) in [6.45, 7) is 0.376. The number of carbonyl (C=O) groups excluding carboxylic acids is 1. The Morgan fingerprint density at radius 2 is 2.10 bits per heavy atom. The average molecular weight is 270 g/mol. The molecule has 0 aliphatic rings. The van der Waals surface area contributed by atoms with Crippen LogP contribution in [0.3, 0.4) is 0 Å². The zero-order valence-electron chi connectivity index (χ0n) is 11.3. The van der Waals surface area contributed by atoms with Crippen LogP contribution in [0.1, 0.15) is 21.9 Å². The highest BCUT2D eigenvalue weighted by Gasteiger charge is 2.19. The van der Waals surface area contributed by atoms with E-state index in [1.165, 1.54) is 0 Å². The van der Waals surface area contributed by atoms with E-state index in [0.717, 1.165) is 5.56 Å². The highest BCUT2D eigenvalue weighted by Crippen LogP contribution is 2.19. The topological polar surface area (TPSA) is 82.2 Å². The number of nitrogens with one attached hydrogen (secondary N) is 1. The third-order valence-electron chi connectivity index (χ3n) is 2.61.